The van der Waals surface area contributed by atoms with Crippen LogP contribution in [0.2, 0.25) is 15.1 Å². The van der Waals surface area contributed by atoms with Gasteiger partial charge >= 0.3 is 12.2 Å². The number of benzene rings is 3. The Kier molecular flexibility index (Phi) is 14.4. The third-order valence-corrected chi connectivity index (χ3v) is 11.7. The average molecular weight is 883 g/mol. The van der Waals surface area contributed by atoms with Crippen molar-refractivity contribution in [1.29, 1.82) is 0 Å². The van der Waals surface area contributed by atoms with Gasteiger partial charge in [-0.15, -0.1) is 0 Å². The van der Waals surface area contributed by atoms with Crippen molar-refractivity contribution < 1.29 is 33.3 Å². The van der Waals surface area contributed by atoms with Gasteiger partial charge in [-0.1, -0.05) is 71.2 Å². The van der Waals surface area contributed by atoms with Crippen LogP contribution in [0.5, 0.6) is 5.75 Å². The maximum atomic E-state index is 15.5. The Balaban J connectivity index is 1.39. The Morgan fingerprint density at radius 1 is 0.783 bits per heavy atom. The number of carbonyl (C=O) groups is 3. The highest BCUT2D eigenvalue weighted by Gasteiger charge is 2.51. The van der Waals surface area contributed by atoms with E-state index in [1.54, 1.807) is 16.9 Å². The lowest BCUT2D eigenvalue weighted by molar-refractivity contribution is -0.129. The number of hydrogen-bond donors (Lipinski definition) is 0. The minimum absolute atomic E-state index is 0.00405. The summed E-state index contributed by atoms with van der Waals surface area (Å²) in [6.07, 6.45) is 3.26. The zero-order valence-electron chi connectivity index (χ0n) is 36.0. The first-order valence-electron chi connectivity index (χ1n) is 20.8. The second kappa shape index (κ2) is 19.0. The van der Waals surface area contributed by atoms with Crippen molar-refractivity contribution in [1.82, 2.24) is 14.7 Å². The normalized spacial score (nSPS) is 18.1. The van der Waals surface area contributed by atoms with E-state index < -0.39 is 35.5 Å². The number of ether oxygens (including phenoxy) is 4. The highest BCUT2D eigenvalue weighted by molar-refractivity contribution is 6.37. The van der Waals surface area contributed by atoms with Gasteiger partial charge in [0.2, 0.25) is 0 Å². The molecule has 0 N–H and O–H groups in total. The minimum Gasteiger partial charge on any atom is -0.490 e. The van der Waals surface area contributed by atoms with E-state index in [2.05, 4.69) is 6.07 Å². The lowest BCUT2D eigenvalue weighted by Gasteiger charge is -2.51. The lowest BCUT2D eigenvalue weighted by Crippen LogP contribution is -2.66. The summed E-state index contributed by atoms with van der Waals surface area (Å²) in [4.78, 5) is 48.7. The molecule has 324 valence electrons. The van der Waals surface area contributed by atoms with Crippen LogP contribution in [0.25, 0.3) is 5.57 Å². The summed E-state index contributed by atoms with van der Waals surface area (Å²) >= 11 is 19.7. The molecule has 3 aromatic carbocycles. The molecule has 0 aromatic heterocycles. The van der Waals surface area contributed by atoms with Crippen LogP contribution in [0.1, 0.15) is 95.0 Å². The molecule has 2 aliphatic heterocycles. The first kappa shape index (κ1) is 45.6. The van der Waals surface area contributed by atoms with Gasteiger partial charge < -0.3 is 28.7 Å². The van der Waals surface area contributed by atoms with E-state index in [4.69, 9.17) is 53.8 Å². The molecule has 2 atom stereocenters. The van der Waals surface area contributed by atoms with E-state index in [0.717, 1.165) is 59.1 Å². The van der Waals surface area contributed by atoms with E-state index in [-0.39, 0.29) is 25.0 Å². The summed E-state index contributed by atoms with van der Waals surface area (Å²) in [6, 6.07) is 16.4. The van der Waals surface area contributed by atoms with Crippen molar-refractivity contribution in [2.24, 2.45) is 0 Å². The van der Waals surface area contributed by atoms with Gasteiger partial charge in [-0.05, 0) is 132 Å². The molecule has 2 unspecified atom stereocenters. The number of nitrogens with zero attached hydrogens (tertiary/aromatic N) is 3. The number of amides is 3. The van der Waals surface area contributed by atoms with Crippen LogP contribution in [-0.4, -0.2) is 95.5 Å². The Hall–Kier alpha value is -3.96. The molecule has 2 bridgehead atoms. The van der Waals surface area contributed by atoms with Crippen LogP contribution < -0.4 is 4.74 Å². The third-order valence-electron chi connectivity index (χ3n) is 10.7. The van der Waals surface area contributed by atoms with Crippen LogP contribution in [0.15, 0.2) is 60.2 Å². The molecule has 3 aromatic rings. The van der Waals surface area contributed by atoms with Crippen molar-refractivity contribution in [3.63, 3.8) is 0 Å². The molecule has 3 aliphatic rings. The summed E-state index contributed by atoms with van der Waals surface area (Å²) in [6.45, 7) is 14.4. The molecule has 6 rings (SSSR count). The van der Waals surface area contributed by atoms with Crippen LogP contribution >= 0.6 is 34.8 Å². The number of methoxy groups -OCH3 is 1. The van der Waals surface area contributed by atoms with Gasteiger partial charge in [0.25, 0.3) is 5.91 Å². The Morgan fingerprint density at radius 3 is 2.03 bits per heavy atom. The second-order valence-electron chi connectivity index (χ2n) is 18.1. The topological polar surface area (TPSA) is 97.9 Å². The molecule has 0 spiro atoms. The SMILES string of the molecule is COCCCc1ccc(Cl)c(CN(C(=O)C2=C(c3ccc(CCOc4c(Cl)cc(C)cc4Cl)cc3)CC3CN(C(=O)OC(C)(C)C)CC2N3C(=O)OC(C)(C)C)C2CC2)c1. The second-order valence-corrected chi connectivity index (χ2v) is 19.3. The smallest absolute Gasteiger partial charge is 0.411 e. The van der Waals surface area contributed by atoms with Crippen molar-refractivity contribution in [3.8, 4) is 5.75 Å². The molecule has 13 heteroatoms. The quantitative estimate of drug-likeness (QED) is 0.158. The van der Waals surface area contributed by atoms with Gasteiger partial charge in [-0.2, -0.15) is 0 Å². The first-order valence-corrected chi connectivity index (χ1v) is 21.9. The molecule has 0 radical (unpaired) electrons. The molecule has 3 amide bonds. The molecule has 2 heterocycles. The van der Waals surface area contributed by atoms with E-state index >= 15 is 4.79 Å². The molecular formula is C47H58Cl3N3O7. The van der Waals surface area contributed by atoms with Gasteiger partial charge in [-0.3, -0.25) is 9.69 Å². The van der Waals surface area contributed by atoms with Gasteiger partial charge in [-0.25, -0.2) is 9.59 Å². The summed E-state index contributed by atoms with van der Waals surface area (Å²) in [5, 5.41) is 1.51. The molecule has 1 saturated carbocycles. The van der Waals surface area contributed by atoms with Crippen molar-refractivity contribution in [2.75, 3.05) is 33.4 Å². The lowest BCUT2D eigenvalue weighted by atomic mass is 9.81. The van der Waals surface area contributed by atoms with Gasteiger partial charge in [0.05, 0.1) is 28.7 Å². The van der Waals surface area contributed by atoms with Crippen LogP contribution in [0.4, 0.5) is 9.59 Å². The van der Waals surface area contributed by atoms with E-state index in [0.29, 0.717) is 59.0 Å². The maximum absolute atomic E-state index is 15.5. The Morgan fingerprint density at radius 2 is 1.42 bits per heavy atom. The third kappa shape index (κ3) is 11.5. The zero-order chi connectivity index (χ0) is 43.5. The number of carbonyl (C=O) groups excluding carboxylic acids is 3. The van der Waals surface area contributed by atoms with Gasteiger partial charge in [0, 0.05) is 56.4 Å². The highest BCUT2D eigenvalue weighted by atomic mass is 35.5. The molecular weight excluding hydrogens is 825 g/mol. The van der Waals surface area contributed by atoms with Crippen molar-refractivity contribution in [3.05, 3.63) is 103 Å². The standard InChI is InChI=1S/C47H58Cl3N3O7/c1-29-22-38(49)42(39(50)23-29)58-21-19-30-11-14-32(15-12-30)36-25-35-27-51(44(55)59-46(2,3)4)28-40(53(35)45(56)60-47(5,6)7)41(36)43(54)52(34-16-17-34)26-33-24-31(10-9-20-57-8)13-18-37(33)48/h11-15,18,22-24,34-35,40H,9-10,16-17,19-21,25-28H2,1-8H3. The molecule has 1 aliphatic carbocycles. The number of halogens is 3. The molecule has 60 heavy (non-hydrogen) atoms. The van der Waals surface area contributed by atoms with Crippen LogP contribution in [0.3, 0.4) is 0 Å². The predicted octanol–water partition coefficient (Wildman–Crippen LogP) is 10.7. The number of aryl methyl sites for hydroxylation is 2. The maximum Gasteiger partial charge on any atom is 0.411 e. The van der Waals surface area contributed by atoms with Crippen molar-refractivity contribution in [2.45, 2.75) is 123 Å². The van der Waals surface area contributed by atoms with E-state index in [9.17, 15) is 9.59 Å². The molecule has 10 nitrogen and oxygen atoms in total. The van der Waals surface area contributed by atoms with Gasteiger partial charge in [0.15, 0.2) is 5.75 Å². The summed E-state index contributed by atoms with van der Waals surface area (Å²) in [5.41, 5.74) is 4.58. The summed E-state index contributed by atoms with van der Waals surface area (Å²) < 4.78 is 23.1. The Bertz CT molecular complexity index is 2070. The zero-order valence-corrected chi connectivity index (χ0v) is 38.3. The number of piperazine rings is 1. The van der Waals surface area contributed by atoms with Gasteiger partial charge in [0.1, 0.15) is 11.2 Å². The fraction of sp³-hybridized carbons (Fsp3) is 0.511. The van der Waals surface area contributed by atoms with Crippen molar-refractivity contribution >= 4 is 58.5 Å². The van der Waals surface area contributed by atoms with Crippen LogP contribution in [0, 0.1) is 6.92 Å². The molecule has 2 fully saturated rings. The average Bonchev–Trinajstić information content (AvgIpc) is 4.00. The summed E-state index contributed by atoms with van der Waals surface area (Å²) in [7, 11) is 1.69. The highest BCUT2D eigenvalue weighted by Crippen LogP contribution is 2.43. The number of hydrogen-bond acceptors (Lipinski definition) is 7. The molecule has 1 saturated heterocycles. The van der Waals surface area contributed by atoms with E-state index in [1.165, 1.54) is 0 Å². The fourth-order valence-electron chi connectivity index (χ4n) is 7.90. The first-order chi connectivity index (χ1) is 28.3. The minimum atomic E-state index is -0.809. The largest absolute Gasteiger partial charge is 0.490 e. The fourth-order valence-corrected chi connectivity index (χ4v) is 8.79. The van der Waals surface area contributed by atoms with E-state index in [1.807, 2.05) is 102 Å². The monoisotopic (exact) mass is 881 g/mol. The van der Waals surface area contributed by atoms with Crippen LogP contribution in [-0.2, 0) is 38.4 Å². The number of fused-ring (bicyclic) bond motifs is 2. The summed E-state index contributed by atoms with van der Waals surface area (Å²) in [5.74, 6) is 0.262. The Labute approximate surface area is 370 Å². The predicted molar refractivity (Wildman–Crippen MR) is 237 cm³/mol. The number of rotatable bonds is 13.